The van der Waals surface area contributed by atoms with Crippen molar-refractivity contribution in [1.82, 2.24) is 4.90 Å². The lowest BCUT2D eigenvalue weighted by Crippen LogP contribution is -2.29. The molecule has 17 heavy (non-hydrogen) atoms. The number of rotatable bonds is 3. The molecule has 1 heterocycles. The largest absolute Gasteiger partial charge is 0.478 e. The molecule has 3 heteroatoms. The van der Waals surface area contributed by atoms with E-state index in [1.54, 1.807) is 0 Å². The van der Waals surface area contributed by atoms with Gasteiger partial charge in [-0.1, -0.05) is 35.9 Å². The molecule has 0 amide bonds. The molecule has 1 N–H and O–H groups in total. The Bertz CT molecular complexity index is 434. The van der Waals surface area contributed by atoms with Crippen molar-refractivity contribution in [2.24, 2.45) is 0 Å². The molecule has 0 spiro atoms. The van der Waals surface area contributed by atoms with Crippen LogP contribution >= 0.6 is 0 Å². The van der Waals surface area contributed by atoms with E-state index in [9.17, 15) is 4.79 Å². The highest BCUT2D eigenvalue weighted by Crippen LogP contribution is 2.14. The first-order valence-corrected chi connectivity index (χ1v) is 5.85. The van der Waals surface area contributed by atoms with Crippen LogP contribution in [0.1, 0.15) is 17.5 Å². The molecule has 2 rings (SSSR count). The summed E-state index contributed by atoms with van der Waals surface area (Å²) >= 11 is 0. The molecule has 0 fully saturated rings. The molecule has 0 bridgehead atoms. The van der Waals surface area contributed by atoms with Crippen LogP contribution in [0.4, 0.5) is 0 Å². The zero-order chi connectivity index (χ0) is 12.3. The quantitative estimate of drug-likeness (QED) is 0.867. The lowest BCUT2D eigenvalue weighted by Gasteiger charge is -2.25. The Morgan fingerprint density at radius 2 is 2.06 bits per heavy atom. The van der Waals surface area contributed by atoms with Crippen molar-refractivity contribution in [1.29, 1.82) is 0 Å². The van der Waals surface area contributed by atoms with Crippen LogP contribution in [-0.2, 0) is 11.3 Å². The van der Waals surface area contributed by atoms with Gasteiger partial charge in [-0.2, -0.15) is 0 Å². The second kappa shape index (κ2) is 5.15. The zero-order valence-corrected chi connectivity index (χ0v) is 10.0. The van der Waals surface area contributed by atoms with Gasteiger partial charge in [-0.15, -0.1) is 0 Å². The first kappa shape index (κ1) is 11.9. The van der Waals surface area contributed by atoms with Crippen molar-refractivity contribution in [2.45, 2.75) is 19.9 Å². The summed E-state index contributed by atoms with van der Waals surface area (Å²) in [6, 6.07) is 8.48. The maximum atomic E-state index is 10.8. The van der Waals surface area contributed by atoms with Gasteiger partial charge in [0.25, 0.3) is 0 Å². The Morgan fingerprint density at radius 3 is 2.59 bits per heavy atom. The van der Waals surface area contributed by atoms with Gasteiger partial charge >= 0.3 is 5.97 Å². The van der Waals surface area contributed by atoms with Crippen LogP contribution in [-0.4, -0.2) is 29.1 Å². The molecule has 0 radical (unpaired) electrons. The molecule has 0 aliphatic carbocycles. The average molecular weight is 231 g/mol. The van der Waals surface area contributed by atoms with Crippen LogP contribution in [0.25, 0.3) is 0 Å². The third kappa shape index (κ3) is 3.17. The summed E-state index contributed by atoms with van der Waals surface area (Å²) in [7, 11) is 0. The van der Waals surface area contributed by atoms with Crippen molar-refractivity contribution in [2.75, 3.05) is 13.1 Å². The summed E-state index contributed by atoms with van der Waals surface area (Å²) < 4.78 is 0. The van der Waals surface area contributed by atoms with Crippen LogP contribution < -0.4 is 0 Å². The maximum Gasteiger partial charge on any atom is 0.331 e. The number of nitrogens with zero attached hydrogens (tertiary/aromatic N) is 1. The van der Waals surface area contributed by atoms with E-state index < -0.39 is 5.97 Å². The van der Waals surface area contributed by atoms with E-state index in [4.69, 9.17) is 5.11 Å². The molecule has 0 saturated carbocycles. The first-order valence-electron chi connectivity index (χ1n) is 5.85. The molecule has 1 aromatic rings. The standard InChI is InChI=1S/C14H17NO2/c1-11-2-4-12(5-3-11)10-15-8-6-13(7-9-15)14(16)17/h2-6H,7-10H2,1H3,(H,16,17). The van der Waals surface area contributed by atoms with Gasteiger partial charge < -0.3 is 5.11 Å². The smallest absolute Gasteiger partial charge is 0.331 e. The monoisotopic (exact) mass is 231 g/mol. The number of carboxylic acids is 1. The fraction of sp³-hybridized carbons (Fsp3) is 0.357. The Labute approximate surface area is 101 Å². The minimum Gasteiger partial charge on any atom is -0.478 e. The van der Waals surface area contributed by atoms with Gasteiger partial charge in [0.15, 0.2) is 0 Å². The third-order valence-electron chi connectivity index (χ3n) is 3.09. The average Bonchev–Trinajstić information content (AvgIpc) is 2.33. The topological polar surface area (TPSA) is 40.5 Å². The summed E-state index contributed by atoms with van der Waals surface area (Å²) in [4.78, 5) is 13.0. The minimum atomic E-state index is -0.778. The van der Waals surface area contributed by atoms with Crippen LogP contribution in [0, 0.1) is 6.92 Å². The van der Waals surface area contributed by atoms with E-state index in [2.05, 4.69) is 36.1 Å². The first-order chi connectivity index (χ1) is 8.15. The van der Waals surface area contributed by atoms with Gasteiger partial charge in [0.05, 0.1) is 0 Å². The summed E-state index contributed by atoms with van der Waals surface area (Å²) in [5.41, 5.74) is 3.09. The minimum absolute atomic E-state index is 0.546. The summed E-state index contributed by atoms with van der Waals surface area (Å²) in [5, 5.41) is 8.86. The number of hydrogen-bond donors (Lipinski definition) is 1. The van der Waals surface area contributed by atoms with E-state index in [1.807, 2.05) is 6.08 Å². The lowest BCUT2D eigenvalue weighted by atomic mass is 10.1. The highest BCUT2D eigenvalue weighted by Gasteiger charge is 2.15. The van der Waals surface area contributed by atoms with Gasteiger partial charge in [-0.05, 0) is 18.9 Å². The summed E-state index contributed by atoms with van der Waals surface area (Å²) in [6.07, 6.45) is 2.46. The molecule has 0 atom stereocenters. The highest BCUT2D eigenvalue weighted by atomic mass is 16.4. The van der Waals surface area contributed by atoms with E-state index in [0.29, 0.717) is 12.0 Å². The summed E-state index contributed by atoms with van der Waals surface area (Å²) in [6.45, 7) is 4.53. The molecule has 1 aliphatic rings. The Morgan fingerprint density at radius 1 is 1.35 bits per heavy atom. The van der Waals surface area contributed by atoms with Crippen molar-refractivity contribution in [3.63, 3.8) is 0 Å². The number of carbonyl (C=O) groups is 1. The normalized spacial score (nSPS) is 16.6. The fourth-order valence-corrected chi connectivity index (χ4v) is 2.00. The summed E-state index contributed by atoms with van der Waals surface area (Å²) in [5.74, 6) is -0.778. The molecule has 90 valence electrons. The number of benzene rings is 1. The lowest BCUT2D eigenvalue weighted by molar-refractivity contribution is -0.133. The SMILES string of the molecule is Cc1ccc(CN2CC=C(C(=O)O)CC2)cc1. The van der Waals surface area contributed by atoms with Gasteiger partial charge in [-0.25, -0.2) is 4.79 Å². The number of hydrogen-bond acceptors (Lipinski definition) is 2. The predicted molar refractivity (Wildman–Crippen MR) is 66.8 cm³/mol. The Hall–Kier alpha value is -1.61. The molecule has 1 aromatic carbocycles. The fourth-order valence-electron chi connectivity index (χ4n) is 2.00. The van der Waals surface area contributed by atoms with Gasteiger partial charge in [0.1, 0.15) is 0 Å². The second-order valence-electron chi connectivity index (χ2n) is 4.51. The van der Waals surface area contributed by atoms with Crippen LogP contribution in [0.5, 0.6) is 0 Å². The number of carboxylic acid groups (broad SMARTS) is 1. The molecule has 3 nitrogen and oxygen atoms in total. The van der Waals surface area contributed by atoms with Gasteiger partial charge in [0.2, 0.25) is 0 Å². The number of aryl methyl sites for hydroxylation is 1. The Balaban J connectivity index is 1.94. The van der Waals surface area contributed by atoms with E-state index in [1.165, 1.54) is 11.1 Å². The van der Waals surface area contributed by atoms with Crippen molar-refractivity contribution in [3.8, 4) is 0 Å². The van der Waals surface area contributed by atoms with Crippen LogP contribution in [0.3, 0.4) is 0 Å². The molecule has 0 saturated heterocycles. The van der Waals surface area contributed by atoms with Crippen molar-refractivity contribution in [3.05, 3.63) is 47.0 Å². The molecule has 1 aliphatic heterocycles. The van der Waals surface area contributed by atoms with Crippen LogP contribution in [0.15, 0.2) is 35.9 Å². The molecular formula is C14H17NO2. The maximum absolute atomic E-state index is 10.8. The second-order valence-corrected chi connectivity index (χ2v) is 4.51. The molecule has 0 aromatic heterocycles. The third-order valence-corrected chi connectivity index (χ3v) is 3.09. The van der Waals surface area contributed by atoms with E-state index >= 15 is 0 Å². The van der Waals surface area contributed by atoms with E-state index in [-0.39, 0.29) is 0 Å². The highest BCUT2D eigenvalue weighted by molar-refractivity contribution is 5.86. The van der Waals surface area contributed by atoms with E-state index in [0.717, 1.165) is 19.6 Å². The molecule has 0 unspecified atom stereocenters. The van der Waals surface area contributed by atoms with Crippen LogP contribution in [0.2, 0.25) is 0 Å². The van der Waals surface area contributed by atoms with Crippen molar-refractivity contribution >= 4 is 5.97 Å². The predicted octanol–water partition coefficient (Wildman–Crippen LogP) is 2.21. The van der Waals surface area contributed by atoms with Crippen molar-refractivity contribution < 1.29 is 9.90 Å². The number of aliphatic carboxylic acids is 1. The van der Waals surface area contributed by atoms with Gasteiger partial charge in [0, 0.05) is 25.2 Å². The molecular weight excluding hydrogens is 214 g/mol. The Kier molecular flexibility index (Phi) is 3.59. The van der Waals surface area contributed by atoms with Gasteiger partial charge in [-0.3, -0.25) is 4.90 Å². The zero-order valence-electron chi connectivity index (χ0n) is 10.0.